The molecular formula is C28H23N5O3. The number of nitrogen functional groups attached to an aromatic ring is 1. The van der Waals surface area contributed by atoms with Crippen molar-refractivity contribution in [2.24, 2.45) is 0 Å². The number of nitrogens with two attached hydrogens (primary N) is 1. The predicted octanol–water partition coefficient (Wildman–Crippen LogP) is 6.28. The smallest absolute Gasteiger partial charge is 0.337 e. The summed E-state index contributed by atoms with van der Waals surface area (Å²) >= 11 is 0. The molecule has 4 N–H and O–H groups in total. The minimum absolute atomic E-state index is 0.395. The Balaban J connectivity index is 1.40. The summed E-state index contributed by atoms with van der Waals surface area (Å²) in [6.07, 6.45) is 0. The molecular weight excluding hydrogens is 454 g/mol. The number of rotatable bonds is 7. The van der Waals surface area contributed by atoms with Crippen LogP contribution in [0.4, 0.5) is 28.8 Å². The predicted molar refractivity (Wildman–Crippen MR) is 141 cm³/mol. The standard InChI is InChI=1S/C28H23N5O3/c1-35-27(34)18-7-10-20(11-8-18)30-26-24-17-19(29)9-16-25(24)32-28(33-26)31-21-12-14-23(15-13-21)36-22-5-3-2-4-6-22/h2-17H,29H2,1H3,(H2,30,31,32,33). The summed E-state index contributed by atoms with van der Waals surface area (Å²) in [6.45, 7) is 0. The average molecular weight is 478 g/mol. The quantitative estimate of drug-likeness (QED) is 0.186. The number of anilines is 5. The van der Waals surface area contributed by atoms with Gasteiger partial charge in [0.25, 0.3) is 0 Å². The van der Waals surface area contributed by atoms with Gasteiger partial charge in [-0.25, -0.2) is 9.78 Å². The summed E-state index contributed by atoms with van der Waals surface area (Å²) in [6, 6.07) is 29.5. The van der Waals surface area contributed by atoms with Crippen LogP contribution in [0.15, 0.2) is 97.1 Å². The van der Waals surface area contributed by atoms with Crippen LogP contribution < -0.4 is 21.1 Å². The largest absolute Gasteiger partial charge is 0.465 e. The van der Waals surface area contributed by atoms with Gasteiger partial charge in [0, 0.05) is 22.4 Å². The number of aromatic nitrogens is 2. The Morgan fingerprint density at radius 1 is 0.778 bits per heavy atom. The van der Waals surface area contributed by atoms with Gasteiger partial charge in [0.2, 0.25) is 5.95 Å². The van der Waals surface area contributed by atoms with Crippen LogP contribution in [0.2, 0.25) is 0 Å². The number of carbonyl (C=O) groups is 1. The summed E-state index contributed by atoms with van der Waals surface area (Å²) in [5, 5.41) is 7.32. The first-order valence-electron chi connectivity index (χ1n) is 11.2. The van der Waals surface area contributed by atoms with Crippen molar-refractivity contribution in [3.8, 4) is 11.5 Å². The van der Waals surface area contributed by atoms with Crippen LogP contribution in [0.1, 0.15) is 10.4 Å². The number of hydrogen-bond donors (Lipinski definition) is 3. The molecule has 5 rings (SSSR count). The molecule has 0 saturated carbocycles. The maximum absolute atomic E-state index is 11.7. The second kappa shape index (κ2) is 10.0. The molecule has 8 heteroatoms. The number of nitrogens with zero attached hydrogens (tertiary/aromatic N) is 2. The Morgan fingerprint density at radius 2 is 1.44 bits per heavy atom. The SMILES string of the molecule is COC(=O)c1ccc(Nc2nc(Nc3ccc(Oc4ccccc4)cc3)nc3ccc(N)cc23)cc1. The highest BCUT2D eigenvalue weighted by molar-refractivity contribution is 5.94. The number of fused-ring (bicyclic) bond motifs is 1. The van der Waals surface area contributed by atoms with E-state index >= 15 is 0 Å². The maximum atomic E-state index is 11.7. The summed E-state index contributed by atoms with van der Waals surface area (Å²) in [5.41, 5.74) is 9.36. The fourth-order valence-electron chi connectivity index (χ4n) is 3.60. The molecule has 4 aromatic carbocycles. The third kappa shape index (κ3) is 5.18. The second-order valence-electron chi connectivity index (χ2n) is 7.93. The number of nitrogens with one attached hydrogen (secondary N) is 2. The van der Waals surface area contributed by atoms with Crippen LogP contribution >= 0.6 is 0 Å². The van der Waals surface area contributed by atoms with Gasteiger partial charge >= 0.3 is 5.97 Å². The molecule has 0 saturated heterocycles. The van der Waals surface area contributed by atoms with Gasteiger partial charge in [-0.3, -0.25) is 0 Å². The third-order valence-corrected chi connectivity index (χ3v) is 5.38. The van der Waals surface area contributed by atoms with E-state index in [9.17, 15) is 4.79 Å². The third-order valence-electron chi connectivity index (χ3n) is 5.38. The van der Waals surface area contributed by atoms with Crippen molar-refractivity contribution in [2.45, 2.75) is 0 Å². The minimum atomic E-state index is -0.395. The zero-order chi connectivity index (χ0) is 24.9. The normalized spacial score (nSPS) is 10.6. The van der Waals surface area contributed by atoms with E-state index < -0.39 is 5.97 Å². The number of para-hydroxylation sites is 1. The number of methoxy groups -OCH3 is 1. The molecule has 8 nitrogen and oxygen atoms in total. The lowest BCUT2D eigenvalue weighted by Crippen LogP contribution is -2.04. The molecule has 0 amide bonds. The van der Waals surface area contributed by atoms with Crippen LogP contribution in [-0.2, 0) is 4.74 Å². The number of ether oxygens (including phenoxy) is 2. The first-order chi connectivity index (χ1) is 17.6. The molecule has 1 heterocycles. The molecule has 0 aliphatic heterocycles. The first-order valence-corrected chi connectivity index (χ1v) is 11.2. The van der Waals surface area contributed by atoms with Gasteiger partial charge < -0.3 is 25.8 Å². The monoisotopic (exact) mass is 477 g/mol. The topological polar surface area (TPSA) is 111 Å². The maximum Gasteiger partial charge on any atom is 0.337 e. The van der Waals surface area contributed by atoms with Crippen molar-refractivity contribution in [1.82, 2.24) is 9.97 Å². The highest BCUT2D eigenvalue weighted by atomic mass is 16.5. The number of carbonyl (C=O) groups excluding carboxylic acids is 1. The van der Waals surface area contributed by atoms with Gasteiger partial charge in [-0.15, -0.1) is 0 Å². The van der Waals surface area contributed by atoms with Crippen molar-refractivity contribution in [1.29, 1.82) is 0 Å². The highest BCUT2D eigenvalue weighted by Gasteiger charge is 2.11. The van der Waals surface area contributed by atoms with Crippen molar-refractivity contribution in [3.63, 3.8) is 0 Å². The van der Waals surface area contributed by atoms with E-state index in [0.29, 0.717) is 23.0 Å². The fourth-order valence-corrected chi connectivity index (χ4v) is 3.60. The highest BCUT2D eigenvalue weighted by Crippen LogP contribution is 2.29. The van der Waals surface area contributed by atoms with Crippen LogP contribution in [-0.4, -0.2) is 23.0 Å². The van der Waals surface area contributed by atoms with Crippen molar-refractivity contribution >= 4 is 45.7 Å². The van der Waals surface area contributed by atoms with E-state index in [1.165, 1.54) is 7.11 Å². The lowest BCUT2D eigenvalue weighted by molar-refractivity contribution is 0.0601. The van der Waals surface area contributed by atoms with Gasteiger partial charge in [0.05, 0.1) is 18.2 Å². The van der Waals surface area contributed by atoms with Gasteiger partial charge in [0.15, 0.2) is 0 Å². The lowest BCUT2D eigenvalue weighted by Gasteiger charge is -2.13. The molecule has 178 valence electrons. The van der Waals surface area contributed by atoms with E-state index in [2.05, 4.69) is 20.6 Å². The molecule has 0 atom stereocenters. The minimum Gasteiger partial charge on any atom is -0.465 e. The molecule has 5 aromatic rings. The summed E-state index contributed by atoms with van der Waals surface area (Å²) in [5.74, 6) is 2.08. The van der Waals surface area contributed by atoms with Gasteiger partial charge in [-0.1, -0.05) is 18.2 Å². The average Bonchev–Trinajstić information content (AvgIpc) is 2.91. The molecule has 36 heavy (non-hydrogen) atoms. The zero-order valence-electron chi connectivity index (χ0n) is 19.4. The Hall–Kier alpha value is -5.11. The lowest BCUT2D eigenvalue weighted by atomic mass is 10.2. The van der Waals surface area contributed by atoms with Crippen LogP contribution in [0.25, 0.3) is 10.9 Å². The molecule has 1 aromatic heterocycles. The number of esters is 1. The summed E-state index contributed by atoms with van der Waals surface area (Å²) < 4.78 is 10.6. The molecule has 0 aliphatic rings. The van der Waals surface area contributed by atoms with Crippen LogP contribution in [0, 0.1) is 0 Å². The zero-order valence-corrected chi connectivity index (χ0v) is 19.4. The van der Waals surface area contributed by atoms with Crippen molar-refractivity contribution < 1.29 is 14.3 Å². The van der Waals surface area contributed by atoms with Gasteiger partial charge in [-0.05, 0) is 78.9 Å². The molecule has 0 unspecified atom stereocenters. The van der Waals surface area contributed by atoms with Gasteiger partial charge in [-0.2, -0.15) is 4.98 Å². The van der Waals surface area contributed by atoms with E-state index in [1.54, 1.807) is 30.3 Å². The van der Waals surface area contributed by atoms with E-state index in [-0.39, 0.29) is 0 Å². The molecule has 0 aliphatic carbocycles. The van der Waals surface area contributed by atoms with E-state index in [4.69, 9.17) is 15.2 Å². The summed E-state index contributed by atoms with van der Waals surface area (Å²) in [4.78, 5) is 21.1. The van der Waals surface area contributed by atoms with Crippen LogP contribution in [0.3, 0.4) is 0 Å². The molecule has 0 bridgehead atoms. The Bertz CT molecular complexity index is 1510. The second-order valence-corrected chi connectivity index (χ2v) is 7.93. The van der Waals surface area contributed by atoms with E-state index in [1.807, 2.05) is 66.7 Å². The first kappa shape index (κ1) is 22.7. The molecule has 0 spiro atoms. The van der Waals surface area contributed by atoms with Crippen molar-refractivity contribution in [2.75, 3.05) is 23.5 Å². The fraction of sp³-hybridized carbons (Fsp3) is 0.0357. The number of benzene rings is 4. The molecule has 0 fully saturated rings. The molecule has 0 radical (unpaired) electrons. The number of hydrogen-bond acceptors (Lipinski definition) is 8. The van der Waals surface area contributed by atoms with Crippen LogP contribution in [0.5, 0.6) is 11.5 Å². The summed E-state index contributed by atoms with van der Waals surface area (Å²) in [7, 11) is 1.35. The van der Waals surface area contributed by atoms with E-state index in [0.717, 1.165) is 33.8 Å². The van der Waals surface area contributed by atoms with Crippen molar-refractivity contribution in [3.05, 3.63) is 103 Å². The Labute approximate surface area is 207 Å². The Morgan fingerprint density at radius 3 is 2.17 bits per heavy atom. The van der Waals surface area contributed by atoms with Gasteiger partial charge in [0.1, 0.15) is 17.3 Å². The Kier molecular flexibility index (Phi) is 6.31.